The van der Waals surface area contributed by atoms with E-state index in [2.05, 4.69) is 9.47 Å². The maximum absolute atomic E-state index is 13.6. The number of esters is 1. The molecule has 0 aromatic heterocycles. The third kappa shape index (κ3) is 5.45. The van der Waals surface area contributed by atoms with Crippen molar-refractivity contribution in [3.63, 3.8) is 0 Å². The molecule has 2 aromatic rings. The predicted molar refractivity (Wildman–Crippen MR) is 90.5 cm³/mol. The van der Waals surface area contributed by atoms with Gasteiger partial charge >= 0.3 is 5.97 Å². The molecule has 0 aliphatic heterocycles. The van der Waals surface area contributed by atoms with Crippen molar-refractivity contribution >= 4 is 11.9 Å². The minimum Gasteiger partial charge on any atom is -0.486 e. The van der Waals surface area contributed by atoms with Crippen molar-refractivity contribution < 1.29 is 54.2 Å². The van der Waals surface area contributed by atoms with Crippen LogP contribution in [-0.4, -0.2) is 36.5 Å². The minimum absolute atomic E-state index is 0.0477. The van der Waals surface area contributed by atoms with Crippen LogP contribution < -0.4 is 9.47 Å². The second-order valence-electron chi connectivity index (χ2n) is 6.09. The fraction of sp³-hybridized carbons (Fsp3) is 0.263. The lowest BCUT2D eigenvalue weighted by atomic mass is 10.3. The first-order valence-corrected chi connectivity index (χ1v) is 8.75. The maximum Gasteiger partial charge on any atom is 0.331 e. The van der Waals surface area contributed by atoms with Gasteiger partial charge in [0, 0.05) is 18.6 Å². The molecule has 0 bridgehead atoms. The van der Waals surface area contributed by atoms with Crippen LogP contribution in [0.5, 0.6) is 11.5 Å². The molecule has 0 saturated carbocycles. The summed E-state index contributed by atoms with van der Waals surface area (Å²) in [6, 6.07) is -0.159. The fourth-order valence-corrected chi connectivity index (χ4v) is 2.39. The summed E-state index contributed by atoms with van der Waals surface area (Å²) in [4.78, 5) is 24.6. The van der Waals surface area contributed by atoms with E-state index in [0.29, 0.717) is 4.90 Å². The first-order valence-electron chi connectivity index (χ1n) is 8.75. The second-order valence-corrected chi connectivity index (χ2v) is 6.09. The zero-order chi connectivity index (χ0) is 24.2. The van der Waals surface area contributed by atoms with E-state index >= 15 is 0 Å². The Bertz CT molecular complexity index is 994. The highest BCUT2D eigenvalue weighted by atomic mass is 19.2. The van der Waals surface area contributed by atoms with E-state index in [1.807, 2.05) is 0 Å². The van der Waals surface area contributed by atoms with Gasteiger partial charge < -0.3 is 14.4 Å². The molecule has 0 fully saturated rings. The molecule has 0 N–H and O–H groups in total. The maximum atomic E-state index is 13.6. The largest absolute Gasteiger partial charge is 0.486 e. The van der Waals surface area contributed by atoms with Gasteiger partial charge in [-0.15, -0.1) is 0 Å². The number of amides is 1. The summed E-state index contributed by atoms with van der Waals surface area (Å²) in [6.07, 6.45) is -0.220. The molecule has 0 radical (unpaired) electrons. The number of hydrogen-bond donors (Lipinski definition) is 0. The van der Waals surface area contributed by atoms with Gasteiger partial charge in [0.1, 0.15) is 13.2 Å². The van der Waals surface area contributed by atoms with Gasteiger partial charge in [-0.3, -0.25) is 4.79 Å². The fourth-order valence-electron chi connectivity index (χ4n) is 2.39. The molecule has 13 heteroatoms. The molecular weight excluding hydrogens is 458 g/mol. The third-order valence-corrected chi connectivity index (χ3v) is 3.94. The van der Waals surface area contributed by atoms with Crippen LogP contribution >= 0.6 is 0 Å². The minimum atomic E-state index is -1.99. The summed E-state index contributed by atoms with van der Waals surface area (Å²) in [5, 5.41) is 0. The van der Waals surface area contributed by atoms with Crippen molar-refractivity contribution in [1.82, 2.24) is 4.90 Å². The summed E-state index contributed by atoms with van der Waals surface area (Å²) in [5.74, 6) is -20.2. The molecule has 0 atom stereocenters. The lowest BCUT2D eigenvalue weighted by Gasteiger charge is -2.21. The summed E-state index contributed by atoms with van der Waals surface area (Å²) < 4.78 is 116. The molecule has 32 heavy (non-hydrogen) atoms. The van der Waals surface area contributed by atoms with Gasteiger partial charge in [0.2, 0.25) is 34.9 Å². The highest BCUT2D eigenvalue weighted by molar-refractivity contribution is 5.82. The Balaban J connectivity index is 2.11. The molecule has 5 nitrogen and oxygen atoms in total. The lowest BCUT2D eigenvalue weighted by molar-refractivity contribution is -0.143. The standard InChI is InChI=1S/C19H13F8NO4/c1-2-12(29)28(3-4-31-18-14(24)8(20)5-9(21)15(18)25)7-13(30)32-19-16(26)10(22)6-11(23)17(19)27/h5-6H,2-4,7H2,1H3. The Morgan fingerprint density at radius 1 is 0.781 bits per heavy atom. The summed E-state index contributed by atoms with van der Waals surface area (Å²) in [5.41, 5.74) is 0. The smallest absolute Gasteiger partial charge is 0.331 e. The number of ether oxygens (including phenoxy) is 2. The van der Waals surface area contributed by atoms with Gasteiger partial charge in [0.05, 0.1) is 6.54 Å². The van der Waals surface area contributed by atoms with Gasteiger partial charge in [-0.05, 0) is 0 Å². The Labute approximate surface area is 175 Å². The van der Waals surface area contributed by atoms with Crippen LogP contribution in [0.15, 0.2) is 12.1 Å². The zero-order valence-electron chi connectivity index (χ0n) is 16.1. The van der Waals surface area contributed by atoms with E-state index in [0.717, 1.165) is 0 Å². The third-order valence-electron chi connectivity index (χ3n) is 3.94. The van der Waals surface area contributed by atoms with Crippen molar-refractivity contribution in [2.24, 2.45) is 0 Å². The molecule has 0 unspecified atom stereocenters. The van der Waals surface area contributed by atoms with E-state index in [1.165, 1.54) is 6.92 Å². The van der Waals surface area contributed by atoms with Crippen LogP contribution in [0.3, 0.4) is 0 Å². The molecule has 0 saturated heterocycles. The highest BCUT2D eigenvalue weighted by Crippen LogP contribution is 2.27. The number of rotatable bonds is 8. The first-order chi connectivity index (χ1) is 15.0. The van der Waals surface area contributed by atoms with Gasteiger partial charge in [0.25, 0.3) is 0 Å². The number of hydrogen-bond acceptors (Lipinski definition) is 4. The SMILES string of the molecule is CCC(=O)N(CCOc1c(F)c(F)cc(F)c1F)CC(=O)Oc1c(F)c(F)cc(F)c1F. The van der Waals surface area contributed by atoms with Gasteiger partial charge in [-0.25, -0.2) is 22.4 Å². The normalized spacial score (nSPS) is 10.8. The Morgan fingerprint density at radius 2 is 1.22 bits per heavy atom. The zero-order valence-corrected chi connectivity index (χ0v) is 16.1. The average molecular weight is 471 g/mol. The van der Waals surface area contributed by atoms with E-state index in [1.54, 1.807) is 0 Å². The predicted octanol–water partition coefficient (Wildman–Crippen LogP) is 4.02. The molecule has 0 spiro atoms. The molecule has 0 aliphatic carbocycles. The monoisotopic (exact) mass is 471 g/mol. The van der Waals surface area contributed by atoms with Crippen molar-refractivity contribution in [1.29, 1.82) is 0 Å². The van der Waals surface area contributed by atoms with Gasteiger partial charge in [-0.1, -0.05) is 6.92 Å². The molecule has 2 rings (SSSR count). The molecule has 174 valence electrons. The van der Waals surface area contributed by atoms with E-state index in [9.17, 15) is 44.7 Å². The van der Waals surface area contributed by atoms with E-state index in [4.69, 9.17) is 0 Å². The Morgan fingerprint density at radius 3 is 1.66 bits per heavy atom. The van der Waals surface area contributed by atoms with E-state index < -0.39 is 89.6 Å². The van der Waals surface area contributed by atoms with Gasteiger partial charge in [0.15, 0.2) is 29.0 Å². The Kier molecular flexibility index (Phi) is 8.00. The number of halogens is 8. The lowest BCUT2D eigenvalue weighted by Crippen LogP contribution is -2.39. The highest BCUT2D eigenvalue weighted by Gasteiger charge is 2.26. The van der Waals surface area contributed by atoms with Crippen molar-refractivity contribution in [2.45, 2.75) is 13.3 Å². The molecule has 1 amide bonds. The summed E-state index contributed by atoms with van der Waals surface area (Å²) >= 11 is 0. The quantitative estimate of drug-likeness (QED) is 0.253. The van der Waals surface area contributed by atoms with Crippen molar-refractivity contribution in [3.8, 4) is 11.5 Å². The van der Waals surface area contributed by atoms with E-state index in [-0.39, 0.29) is 18.6 Å². The Hall–Kier alpha value is -3.38. The van der Waals surface area contributed by atoms with Crippen LogP contribution in [0.4, 0.5) is 35.1 Å². The topological polar surface area (TPSA) is 55.8 Å². The first kappa shape index (κ1) is 24.9. The van der Waals surface area contributed by atoms with Crippen LogP contribution in [0, 0.1) is 46.5 Å². The van der Waals surface area contributed by atoms with Crippen molar-refractivity contribution in [3.05, 3.63) is 58.7 Å². The number of carbonyl (C=O) groups excluding carboxylic acids is 2. The number of nitrogens with zero attached hydrogens (tertiary/aromatic N) is 1. The molecule has 0 heterocycles. The van der Waals surface area contributed by atoms with Crippen LogP contribution in [-0.2, 0) is 9.59 Å². The molecular formula is C19H13F8NO4. The van der Waals surface area contributed by atoms with Crippen molar-refractivity contribution in [2.75, 3.05) is 19.7 Å². The molecule has 2 aromatic carbocycles. The van der Waals surface area contributed by atoms with Crippen LogP contribution in [0.2, 0.25) is 0 Å². The molecule has 0 aliphatic rings. The number of benzene rings is 2. The second kappa shape index (κ2) is 10.3. The van der Waals surface area contributed by atoms with Crippen LogP contribution in [0.25, 0.3) is 0 Å². The number of carbonyl (C=O) groups is 2. The average Bonchev–Trinajstić information content (AvgIpc) is 2.74. The summed E-state index contributed by atoms with van der Waals surface area (Å²) in [6.45, 7) is -1.03. The van der Waals surface area contributed by atoms with Gasteiger partial charge in [-0.2, -0.15) is 17.6 Å². The summed E-state index contributed by atoms with van der Waals surface area (Å²) in [7, 11) is 0. The van der Waals surface area contributed by atoms with Crippen LogP contribution in [0.1, 0.15) is 13.3 Å².